The van der Waals surface area contributed by atoms with Crippen LogP contribution in [0.4, 0.5) is 11.6 Å². The van der Waals surface area contributed by atoms with Crippen LogP contribution in [0.15, 0.2) is 48.7 Å². The molecule has 3 aromatic rings. The van der Waals surface area contributed by atoms with Gasteiger partial charge in [-0.2, -0.15) is 0 Å². The van der Waals surface area contributed by atoms with Crippen molar-refractivity contribution in [3.05, 3.63) is 69.8 Å². The van der Waals surface area contributed by atoms with Gasteiger partial charge in [0.2, 0.25) is 0 Å². The van der Waals surface area contributed by atoms with Crippen molar-refractivity contribution in [2.45, 2.75) is 70.1 Å². The van der Waals surface area contributed by atoms with E-state index in [-0.39, 0.29) is 17.9 Å². The molecule has 0 radical (unpaired) electrons. The first-order valence-electron chi connectivity index (χ1n) is 12.6. The van der Waals surface area contributed by atoms with Gasteiger partial charge in [0.15, 0.2) is 11.6 Å². The van der Waals surface area contributed by atoms with Gasteiger partial charge >= 0.3 is 5.97 Å². The topological polar surface area (TPSA) is 116 Å². The normalized spacial score (nSPS) is 15.4. The number of aromatic nitrogens is 2. The Morgan fingerprint density at radius 3 is 2.59 bits per heavy atom. The minimum absolute atomic E-state index is 0.0223. The summed E-state index contributed by atoms with van der Waals surface area (Å²) in [5, 5.41) is 4.33. The number of carbonyl (C=O) groups is 1. The maximum Gasteiger partial charge on any atom is 0.326 e. The zero-order valence-corrected chi connectivity index (χ0v) is 22.5. The number of nitrogens with one attached hydrogen (secondary N) is 1. The summed E-state index contributed by atoms with van der Waals surface area (Å²) in [5.74, 6) is 0.441. The van der Waals surface area contributed by atoms with E-state index in [2.05, 4.69) is 27.4 Å². The summed E-state index contributed by atoms with van der Waals surface area (Å²) in [6, 6.07) is 13.4. The SMILES string of the molecule is C[C@@](N)(CCCc1cccc(-c2cnc(N)c(NCc3c(Cl)cccc3Cl)n2)c1)C(=O)OC1CCCC1. The van der Waals surface area contributed by atoms with Crippen molar-refractivity contribution in [2.24, 2.45) is 5.73 Å². The lowest BCUT2D eigenvalue weighted by Gasteiger charge is -2.24. The van der Waals surface area contributed by atoms with E-state index in [9.17, 15) is 4.79 Å². The van der Waals surface area contributed by atoms with Crippen LogP contribution in [0.5, 0.6) is 0 Å². The number of carbonyl (C=O) groups excluding carboxylic acids is 1. The van der Waals surface area contributed by atoms with Crippen molar-refractivity contribution in [1.82, 2.24) is 9.97 Å². The fourth-order valence-electron chi connectivity index (χ4n) is 4.48. The molecule has 1 atom stereocenters. The largest absolute Gasteiger partial charge is 0.461 e. The van der Waals surface area contributed by atoms with Crippen molar-refractivity contribution < 1.29 is 9.53 Å². The minimum Gasteiger partial charge on any atom is -0.461 e. The van der Waals surface area contributed by atoms with Crippen LogP contribution in [0.1, 0.15) is 56.6 Å². The Balaban J connectivity index is 1.38. The summed E-state index contributed by atoms with van der Waals surface area (Å²) in [4.78, 5) is 21.6. The number of halogens is 2. The summed E-state index contributed by atoms with van der Waals surface area (Å²) in [7, 11) is 0. The Labute approximate surface area is 227 Å². The Bertz CT molecular complexity index is 1220. The molecule has 9 heteroatoms. The first-order chi connectivity index (χ1) is 17.7. The fourth-order valence-corrected chi connectivity index (χ4v) is 5.01. The van der Waals surface area contributed by atoms with Crippen LogP contribution < -0.4 is 16.8 Å². The Morgan fingerprint density at radius 1 is 1.16 bits per heavy atom. The molecule has 0 bridgehead atoms. The molecule has 1 aliphatic rings. The lowest BCUT2D eigenvalue weighted by atomic mass is 9.94. The number of nitrogens with zero attached hydrogens (tertiary/aromatic N) is 2. The number of ether oxygens (including phenoxy) is 1. The first kappa shape index (κ1) is 27.2. The van der Waals surface area contributed by atoms with Gasteiger partial charge in [0.05, 0.1) is 11.9 Å². The van der Waals surface area contributed by atoms with Crippen LogP contribution in [-0.4, -0.2) is 27.6 Å². The maximum atomic E-state index is 12.5. The van der Waals surface area contributed by atoms with E-state index in [1.807, 2.05) is 12.1 Å². The van der Waals surface area contributed by atoms with E-state index in [4.69, 9.17) is 39.4 Å². The minimum atomic E-state index is -0.992. The monoisotopic (exact) mass is 541 g/mol. The number of hydrogen-bond donors (Lipinski definition) is 3. The average Bonchev–Trinajstić information content (AvgIpc) is 3.38. The number of nitrogens with two attached hydrogens (primary N) is 2. The van der Waals surface area contributed by atoms with Gasteiger partial charge in [0.1, 0.15) is 11.6 Å². The molecule has 4 rings (SSSR count). The molecule has 5 N–H and O–H groups in total. The molecule has 0 saturated heterocycles. The quantitative estimate of drug-likeness (QED) is 0.262. The first-order valence-corrected chi connectivity index (χ1v) is 13.4. The second-order valence-electron chi connectivity index (χ2n) is 9.83. The molecule has 0 amide bonds. The van der Waals surface area contributed by atoms with Gasteiger partial charge in [-0.3, -0.25) is 4.79 Å². The summed E-state index contributed by atoms with van der Waals surface area (Å²) in [6.45, 7) is 2.12. The molecule has 1 aromatic heterocycles. The van der Waals surface area contributed by atoms with Gasteiger partial charge in [0, 0.05) is 27.7 Å². The molecular weight excluding hydrogens is 509 g/mol. The van der Waals surface area contributed by atoms with E-state index in [1.165, 1.54) is 0 Å². The third kappa shape index (κ3) is 7.12. The molecule has 196 valence electrons. The highest BCUT2D eigenvalue weighted by Crippen LogP contribution is 2.28. The highest BCUT2D eigenvalue weighted by atomic mass is 35.5. The predicted molar refractivity (Wildman–Crippen MR) is 150 cm³/mol. The van der Waals surface area contributed by atoms with Gasteiger partial charge in [-0.15, -0.1) is 0 Å². The third-order valence-corrected chi connectivity index (χ3v) is 7.43. The van der Waals surface area contributed by atoms with Crippen molar-refractivity contribution in [3.63, 3.8) is 0 Å². The summed E-state index contributed by atoms with van der Waals surface area (Å²) < 4.78 is 5.63. The number of nitrogen functional groups attached to an aromatic ring is 1. The second-order valence-corrected chi connectivity index (χ2v) is 10.6. The molecule has 1 saturated carbocycles. The summed E-state index contributed by atoms with van der Waals surface area (Å²) in [5.41, 5.74) is 14.9. The van der Waals surface area contributed by atoms with Gasteiger partial charge in [-0.1, -0.05) is 47.5 Å². The van der Waals surface area contributed by atoms with E-state index >= 15 is 0 Å². The van der Waals surface area contributed by atoms with Crippen LogP contribution in [0.25, 0.3) is 11.3 Å². The van der Waals surface area contributed by atoms with Crippen molar-refractivity contribution in [3.8, 4) is 11.3 Å². The van der Waals surface area contributed by atoms with Gasteiger partial charge in [0.25, 0.3) is 0 Å². The highest BCUT2D eigenvalue weighted by Gasteiger charge is 2.32. The number of hydrogen-bond acceptors (Lipinski definition) is 7. The lowest BCUT2D eigenvalue weighted by molar-refractivity contribution is -0.155. The summed E-state index contributed by atoms with van der Waals surface area (Å²) in [6.07, 6.45) is 7.85. The fraction of sp³-hybridized carbons (Fsp3) is 0.393. The maximum absolute atomic E-state index is 12.5. The predicted octanol–water partition coefficient (Wildman–Crippen LogP) is 6.17. The van der Waals surface area contributed by atoms with Gasteiger partial charge < -0.3 is 21.5 Å². The van der Waals surface area contributed by atoms with Crippen LogP contribution >= 0.6 is 23.2 Å². The van der Waals surface area contributed by atoms with Crippen LogP contribution in [-0.2, 0) is 22.5 Å². The Hall–Kier alpha value is -2.87. The molecule has 7 nitrogen and oxygen atoms in total. The molecule has 1 aliphatic carbocycles. The molecule has 0 aliphatic heterocycles. The Kier molecular flexibility index (Phi) is 8.90. The van der Waals surface area contributed by atoms with Gasteiger partial charge in [-0.25, -0.2) is 9.97 Å². The van der Waals surface area contributed by atoms with Crippen LogP contribution in [0.3, 0.4) is 0 Å². The smallest absolute Gasteiger partial charge is 0.326 e. The molecule has 1 fully saturated rings. The van der Waals surface area contributed by atoms with E-state index in [0.717, 1.165) is 55.2 Å². The average molecular weight is 543 g/mol. The zero-order chi connectivity index (χ0) is 26.4. The van der Waals surface area contributed by atoms with Crippen LogP contribution in [0.2, 0.25) is 10.0 Å². The van der Waals surface area contributed by atoms with E-state index in [1.54, 1.807) is 31.3 Å². The number of esters is 1. The van der Waals surface area contributed by atoms with E-state index < -0.39 is 5.54 Å². The molecular formula is C28H33Cl2N5O2. The number of benzene rings is 2. The zero-order valence-electron chi connectivity index (χ0n) is 21.0. The second kappa shape index (κ2) is 12.1. The molecule has 0 spiro atoms. The summed E-state index contributed by atoms with van der Waals surface area (Å²) >= 11 is 12.6. The third-order valence-electron chi connectivity index (χ3n) is 6.72. The molecule has 37 heavy (non-hydrogen) atoms. The van der Waals surface area contributed by atoms with Crippen molar-refractivity contribution in [2.75, 3.05) is 11.1 Å². The molecule has 1 heterocycles. The van der Waals surface area contributed by atoms with Crippen molar-refractivity contribution in [1.29, 1.82) is 0 Å². The number of rotatable bonds is 10. The van der Waals surface area contributed by atoms with Crippen molar-refractivity contribution >= 4 is 40.8 Å². The number of aryl methyl sites for hydroxylation is 1. The highest BCUT2D eigenvalue weighted by molar-refractivity contribution is 6.36. The lowest BCUT2D eigenvalue weighted by Crippen LogP contribution is -2.47. The van der Waals surface area contributed by atoms with Gasteiger partial charge in [-0.05, 0) is 75.6 Å². The number of anilines is 2. The standard InChI is InChI=1S/C28H33Cl2N5O2/c1-28(32,27(36)37-20-10-2-3-11-20)14-6-8-18-7-4-9-19(15-18)24-17-33-25(31)26(35-24)34-16-21-22(29)12-5-13-23(21)30/h4-5,7,9,12-13,15,17,20H,2-3,6,8,10-11,14,16,32H2,1H3,(H2,31,33)(H,34,35)/t28-/m1/s1. The molecule has 2 aromatic carbocycles. The molecule has 0 unspecified atom stereocenters. The Morgan fingerprint density at radius 2 is 1.86 bits per heavy atom. The van der Waals surface area contributed by atoms with Crippen LogP contribution in [0, 0.1) is 0 Å². The van der Waals surface area contributed by atoms with E-state index in [0.29, 0.717) is 34.5 Å².